The summed E-state index contributed by atoms with van der Waals surface area (Å²) in [6.45, 7) is 1.61. The van der Waals surface area contributed by atoms with Gasteiger partial charge in [-0.25, -0.2) is 18.1 Å². The van der Waals surface area contributed by atoms with Crippen LogP contribution in [0.15, 0.2) is 10.4 Å². The molecule has 0 atom stereocenters. The van der Waals surface area contributed by atoms with Crippen molar-refractivity contribution < 1.29 is 13.5 Å². The van der Waals surface area contributed by atoms with Gasteiger partial charge in [-0.3, -0.25) is 0 Å². The maximum absolute atomic E-state index is 12.0. The lowest BCUT2D eigenvalue weighted by molar-refractivity contribution is 0.111. The van der Waals surface area contributed by atoms with Gasteiger partial charge >= 0.3 is 0 Å². The summed E-state index contributed by atoms with van der Waals surface area (Å²) < 4.78 is 26.7. The van der Waals surface area contributed by atoms with E-state index >= 15 is 0 Å². The van der Waals surface area contributed by atoms with E-state index in [9.17, 15) is 13.5 Å². The van der Waals surface area contributed by atoms with Crippen molar-refractivity contribution in [2.75, 3.05) is 6.61 Å². The summed E-state index contributed by atoms with van der Waals surface area (Å²) >= 11 is 1.14. The molecule has 1 aliphatic carbocycles. The molecule has 1 fully saturated rings. The van der Waals surface area contributed by atoms with Gasteiger partial charge in [0, 0.05) is 0 Å². The minimum atomic E-state index is -3.52. The van der Waals surface area contributed by atoms with Gasteiger partial charge in [0.25, 0.3) is 10.0 Å². The van der Waals surface area contributed by atoms with Crippen LogP contribution in [0.25, 0.3) is 0 Å². The van der Waals surface area contributed by atoms with Gasteiger partial charge < -0.3 is 5.11 Å². The van der Waals surface area contributed by atoms with Crippen LogP contribution in [-0.2, 0) is 10.0 Å². The van der Waals surface area contributed by atoms with E-state index in [4.69, 9.17) is 0 Å². The number of hydrogen-bond donors (Lipinski definition) is 2. The molecule has 0 bridgehead atoms. The number of hydrogen-bond acceptors (Lipinski definition) is 5. The van der Waals surface area contributed by atoms with Gasteiger partial charge in [-0.1, -0.05) is 0 Å². The van der Waals surface area contributed by atoms with Gasteiger partial charge in [0.15, 0.2) is 4.21 Å². The van der Waals surface area contributed by atoms with Crippen LogP contribution in [0.1, 0.15) is 24.3 Å². The molecule has 0 saturated heterocycles. The second-order valence-corrected chi connectivity index (χ2v) is 7.24. The van der Waals surface area contributed by atoms with Crippen molar-refractivity contribution in [2.24, 2.45) is 0 Å². The zero-order valence-electron chi connectivity index (χ0n) is 8.93. The summed E-state index contributed by atoms with van der Waals surface area (Å²) in [4.78, 5) is 3.92. The molecule has 0 radical (unpaired) electrons. The average Bonchev–Trinajstić information content (AvgIpc) is 2.59. The first-order valence-electron chi connectivity index (χ1n) is 5.05. The van der Waals surface area contributed by atoms with Crippen LogP contribution < -0.4 is 4.72 Å². The highest BCUT2D eigenvalue weighted by atomic mass is 32.2. The van der Waals surface area contributed by atoms with Crippen molar-refractivity contribution in [1.82, 2.24) is 9.71 Å². The van der Waals surface area contributed by atoms with Gasteiger partial charge in [-0.15, -0.1) is 11.3 Å². The summed E-state index contributed by atoms with van der Waals surface area (Å²) in [7, 11) is -3.52. The normalized spacial score (nSPS) is 19.4. The Kier molecular flexibility index (Phi) is 3.04. The number of thiazole rings is 1. The van der Waals surface area contributed by atoms with Crippen LogP contribution in [0, 0.1) is 6.92 Å². The Morgan fingerprint density at radius 2 is 2.31 bits per heavy atom. The third-order valence-corrected chi connectivity index (χ3v) is 5.78. The fourth-order valence-corrected chi connectivity index (χ4v) is 4.26. The molecule has 7 heteroatoms. The zero-order valence-corrected chi connectivity index (χ0v) is 10.6. The molecule has 0 aliphatic heterocycles. The molecular weight excluding hydrogens is 248 g/mol. The van der Waals surface area contributed by atoms with E-state index in [1.165, 1.54) is 6.20 Å². The fraction of sp³-hybridized carbons (Fsp3) is 0.667. The molecule has 2 rings (SSSR count). The van der Waals surface area contributed by atoms with Gasteiger partial charge in [-0.2, -0.15) is 0 Å². The Morgan fingerprint density at radius 1 is 1.62 bits per heavy atom. The topological polar surface area (TPSA) is 79.3 Å². The van der Waals surface area contributed by atoms with Gasteiger partial charge in [0.05, 0.1) is 23.4 Å². The van der Waals surface area contributed by atoms with Gasteiger partial charge in [0.2, 0.25) is 0 Å². The molecule has 90 valence electrons. The first-order valence-corrected chi connectivity index (χ1v) is 7.35. The molecule has 1 aliphatic rings. The Morgan fingerprint density at radius 3 is 2.69 bits per heavy atom. The second kappa shape index (κ2) is 4.06. The number of rotatable bonds is 4. The van der Waals surface area contributed by atoms with Crippen molar-refractivity contribution in [2.45, 2.75) is 35.9 Å². The lowest BCUT2D eigenvalue weighted by atomic mass is 9.78. The molecule has 0 aromatic carbocycles. The maximum Gasteiger partial charge on any atom is 0.252 e. The van der Waals surface area contributed by atoms with Crippen LogP contribution in [0.2, 0.25) is 0 Å². The summed E-state index contributed by atoms with van der Waals surface area (Å²) in [5, 5.41) is 9.93. The number of nitrogens with one attached hydrogen (secondary N) is 1. The van der Waals surface area contributed by atoms with E-state index in [2.05, 4.69) is 9.71 Å². The summed E-state index contributed by atoms with van der Waals surface area (Å²) in [5.41, 5.74) is -0.642. The van der Waals surface area contributed by atoms with Crippen LogP contribution in [0.5, 0.6) is 0 Å². The van der Waals surface area contributed by atoms with Crippen molar-refractivity contribution >= 4 is 21.4 Å². The first-order chi connectivity index (χ1) is 7.47. The minimum Gasteiger partial charge on any atom is -0.394 e. The maximum atomic E-state index is 12.0. The molecule has 2 N–H and O–H groups in total. The average molecular weight is 262 g/mol. The third kappa shape index (κ3) is 2.13. The summed E-state index contributed by atoms with van der Waals surface area (Å²) in [6, 6.07) is 0. The number of aromatic nitrogens is 1. The monoisotopic (exact) mass is 262 g/mol. The smallest absolute Gasteiger partial charge is 0.252 e. The van der Waals surface area contributed by atoms with Crippen molar-refractivity contribution in [3.05, 3.63) is 11.2 Å². The fourth-order valence-electron chi connectivity index (χ4n) is 1.70. The van der Waals surface area contributed by atoms with E-state index in [-0.39, 0.29) is 10.8 Å². The highest BCUT2D eigenvalue weighted by molar-refractivity contribution is 7.91. The predicted molar refractivity (Wildman–Crippen MR) is 60.8 cm³/mol. The van der Waals surface area contributed by atoms with Crippen LogP contribution in [-0.4, -0.2) is 30.7 Å². The van der Waals surface area contributed by atoms with Crippen LogP contribution in [0.4, 0.5) is 0 Å². The largest absolute Gasteiger partial charge is 0.394 e. The molecular formula is C9H14N2O3S2. The van der Waals surface area contributed by atoms with Gasteiger partial charge in [0.1, 0.15) is 0 Å². The van der Waals surface area contributed by atoms with Crippen LogP contribution >= 0.6 is 11.3 Å². The molecule has 5 nitrogen and oxygen atoms in total. The minimum absolute atomic E-state index is 0.149. The molecule has 1 heterocycles. The number of aliphatic hydroxyl groups excluding tert-OH is 1. The van der Waals surface area contributed by atoms with E-state index < -0.39 is 15.6 Å². The van der Waals surface area contributed by atoms with E-state index in [0.29, 0.717) is 17.8 Å². The zero-order chi connectivity index (χ0) is 11.8. The van der Waals surface area contributed by atoms with E-state index in [1.807, 2.05) is 0 Å². The van der Waals surface area contributed by atoms with Gasteiger partial charge in [-0.05, 0) is 26.2 Å². The van der Waals surface area contributed by atoms with E-state index in [0.717, 1.165) is 17.8 Å². The van der Waals surface area contributed by atoms with Crippen molar-refractivity contribution in [3.8, 4) is 0 Å². The standard InChI is InChI=1S/C9H14N2O3S2/c1-7-10-5-8(15-7)16(13,14)11-9(6-12)3-2-4-9/h5,11-12H,2-4,6H2,1H3. The quantitative estimate of drug-likeness (QED) is 0.835. The second-order valence-electron chi connectivity index (χ2n) is 4.10. The molecule has 1 aromatic rings. The molecule has 1 saturated carbocycles. The lowest BCUT2D eigenvalue weighted by Crippen LogP contribution is -2.55. The third-order valence-electron chi connectivity index (χ3n) is 2.83. The molecule has 16 heavy (non-hydrogen) atoms. The highest BCUT2D eigenvalue weighted by Gasteiger charge is 2.40. The SMILES string of the molecule is Cc1ncc(S(=O)(=O)NC2(CO)CCC2)s1. The Labute approximate surface area is 98.6 Å². The van der Waals surface area contributed by atoms with Crippen molar-refractivity contribution in [3.63, 3.8) is 0 Å². The summed E-state index contributed by atoms with van der Waals surface area (Å²) in [6.07, 6.45) is 3.69. The Bertz CT molecular complexity index is 471. The highest BCUT2D eigenvalue weighted by Crippen LogP contribution is 2.33. The Balaban J connectivity index is 2.20. The Hall–Kier alpha value is -0.500. The van der Waals surface area contributed by atoms with Crippen molar-refractivity contribution in [1.29, 1.82) is 0 Å². The van der Waals surface area contributed by atoms with Crippen LogP contribution in [0.3, 0.4) is 0 Å². The first kappa shape index (κ1) is 12.0. The molecule has 1 aromatic heterocycles. The molecule has 0 unspecified atom stereocenters. The molecule has 0 spiro atoms. The number of aryl methyl sites for hydroxylation is 1. The number of aliphatic hydroxyl groups is 1. The summed E-state index contributed by atoms with van der Waals surface area (Å²) in [5.74, 6) is 0. The number of sulfonamides is 1. The number of nitrogens with zero attached hydrogens (tertiary/aromatic N) is 1. The predicted octanol–water partition coefficient (Wildman–Crippen LogP) is 0.645. The van der Waals surface area contributed by atoms with E-state index in [1.54, 1.807) is 6.92 Å². The molecule has 0 amide bonds. The lowest BCUT2D eigenvalue weighted by Gasteiger charge is -2.40.